The number of carbonyl (C=O) groups is 1. The molecule has 0 radical (unpaired) electrons. The molecule has 0 aromatic heterocycles. The highest BCUT2D eigenvalue weighted by Gasteiger charge is 2.29. The van der Waals surface area contributed by atoms with Crippen molar-refractivity contribution in [2.45, 2.75) is 31.9 Å². The van der Waals surface area contributed by atoms with E-state index in [2.05, 4.69) is 0 Å². The van der Waals surface area contributed by atoms with Crippen LogP contribution in [0, 0.1) is 0 Å². The van der Waals surface area contributed by atoms with E-state index >= 15 is 0 Å². The third kappa shape index (κ3) is 2.11. The Bertz CT molecular complexity index is 166. The molecule has 0 spiro atoms. The average Bonchev–Trinajstić information content (AvgIpc) is 2.00. The number of amides is 1. The highest BCUT2D eigenvalue weighted by Crippen LogP contribution is 2.21. The molecule has 1 aliphatic carbocycles. The molecule has 1 saturated carbocycles. The van der Waals surface area contributed by atoms with E-state index in [1.807, 2.05) is 6.92 Å². The van der Waals surface area contributed by atoms with Gasteiger partial charge in [-0.1, -0.05) is 0 Å². The van der Waals surface area contributed by atoms with Crippen LogP contribution in [-0.4, -0.2) is 36.7 Å². The molecule has 12 heavy (non-hydrogen) atoms. The number of hydrogen-bond donors (Lipinski definition) is 1. The van der Waals surface area contributed by atoms with E-state index < -0.39 is 0 Å². The molecule has 0 atom stereocenters. The summed E-state index contributed by atoms with van der Waals surface area (Å²) in [6.07, 6.45) is 1.43. The Morgan fingerprint density at radius 1 is 1.67 bits per heavy atom. The van der Waals surface area contributed by atoms with Crippen LogP contribution in [0.25, 0.3) is 0 Å². The van der Waals surface area contributed by atoms with Crippen LogP contribution in [0.15, 0.2) is 0 Å². The van der Waals surface area contributed by atoms with Crippen molar-refractivity contribution < 1.29 is 9.53 Å². The van der Waals surface area contributed by atoms with Gasteiger partial charge in [0.25, 0.3) is 0 Å². The van der Waals surface area contributed by atoms with Crippen molar-refractivity contribution in [3.8, 4) is 0 Å². The van der Waals surface area contributed by atoms with Gasteiger partial charge in [-0.2, -0.15) is 0 Å². The number of nitrogens with zero attached hydrogens (tertiary/aromatic N) is 1. The molecular formula is C8H16N2O2. The van der Waals surface area contributed by atoms with Gasteiger partial charge in [0, 0.05) is 19.6 Å². The van der Waals surface area contributed by atoms with Gasteiger partial charge in [0.05, 0.1) is 0 Å². The summed E-state index contributed by atoms with van der Waals surface area (Å²) in [5.74, 6) is 0. The Labute approximate surface area is 72.7 Å². The summed E-state index contributed by atoms with van der Waals surface area (Å²) in [4.78, 5) is 12.7. The molecule has 2 N–H and O–H groups in total. The first kappa shape index (κ1) is 9.32. The summed E-state index contributed by atoms with van der Waals surface area (Å²) in [6.45, 7) is 2.59. The molecule has 1 amide bonds. The van der Waals surface area contributed by atoms with Crippen LogP contribution in [-0.2, 0) is 4.74 Å². The Morgan fingerprint density at radius 2 is 2.25 bits per heavy atom. The van der Waals surface area contributed by atoms with E-state index in [0.717, 1.165) is 12.8 Å². The minimum Gasteiger partial charge on any atom is -0.446 e. The lowest BCUT2D eigenvalue weighted by Crippen LogP contribution is -2.44. The van der Waals surface area contributed by atoms with Crippen molar-refractivity contribution >= 4 is 6.09 Å². The molecule has 0 aromatic rings. The Kier molecular flexibility index (Phi) is 2.92. The van der Waals surface area contributed by atoms with Crippen LogP contribution in [0.2, 0.25) is 0 Å². The Morgan fingerprint density at radius 3 is 2.67 bits per heavy atom. The number of hydrogen-bond acceptors (Lipinski definition) is 3. The van der Waals surface area contributed by atoms with Gasteiger partial charge in [0.2, 0.25) is 0 Å². The lowest BCUT2D eigenvalue weighted by atomic mass is 9.90. The number of ether oxygens (including phenoxy) is 1. The van der Waals surface area contributed by atoms with Crippen LogP contribution in [0.4, 0.5) is 4.79 Å². The van der Waals surface area contributed by atoms with Crippen LogP contribution >= 0.6 is 0 Å². The lowest BCUT2D eigenvalue weighted by molar-refractivity contribution is 0.0229. The Hall–Kier alpha value is -0.770. The monoisotopic (exact) mass is 172 g/mol. The first-order chi connectivity index (χ1) is 5.63. The van der Waals surface area contributed by atoms with Crippen LogP contribution in [0.3, 0.4) is 0 Å². The minimum atomic E-state index is -0.241. The summed E-state index contributed by atoms with van der Waals surface area (Å²) < 4.78 is 5.12. The molecule has 0 aliphatic heterocycles. The topological polar surface area (TPSA) is 55.6 Å². The maximum atomic E-state index is 11.1. The van der Waals surface area contributed by atoms with E-state index in [-0.39, 0.29) is 18.2 Å². The predicted octanol–water partition coefficient (Wildman–Crippen LogP) is 0.564. The van der Waals surface area contributed by atoms with Crippen molar-refractivity contribution in [3.63, 3.8) is 0 Å². The van der Waals surface area contributed by atoms with Crippen molar-refractivity contribution in [1.82, 2.24) is 4.90 Å². The van der Waals surface area contributed by atoms with Crippen LogP contribution in [0.5, 0.6) is 0 Å². The number of nitrogens with two attached hydrogens (primary N) is 1. The molecule has 70 valence electrons. The zero-order chi connectivity index (χ0) is 9.14. The van der Waals surface area contributed by atoms with Gasteiger partial charge in [-0.05, 0) is 19.8 Å². The SMILES string of the molecule is CCN(C)C(=O)OC1CC(N)C1. The average molecular weight is 172 g/mol. The fraction of sp³-hybridized carbons (Fsp3) is 0.875. The molecule has 0 aromatic carbocycles. The molecule has 1 rings (SSSR count). The van der Waals surface area contributed by atoms with Crippen molar-refractivity contribution in [1.29, 1.82) is 0 Å². The third-order valence-corrected chi connectivity index (χ3v) is 2.18. The standard InChI is InChI=1S/C8H16N2O2/c1-3-10(2)8(11)12-7-4-6(9)5-7/h6-7H,3-5,9H2,1-2H3. The fourth-order valence-electron chi connectivity index (χ4n) is 1.06. The van der Waals surface area contributed by atoms with E-state index in [1.165, 1.54) is 0 Å². The summed E-state index contributed by atoms with van der Waals surface area (Å²) in [5.41, 5.74) is 5.55. The molecule has 4 heteroatoms. The molecule has 4 nitrogen and oxygen atoms in total. The minimum absolute atomic E-state index is 0.0569. The van der Waals surface area contributed by atoms with Gasteiger partial charge in [0.15, 0.2) is 0 Å². The summed E-state index contributed by atoms with van der Waals surface area (Å²) in [7, 11) is 1.72. The predicted molar refractivity (Wildman–Crippen MR) is 45.8 cm³/mol. The molecule has 0 heterocycles. The second-order valence-corrected chi connectivity index (χ2v) is 3.25. The molecule has 0 unspecified atom stereocenters. The summed E-state index contributed by atoms with van der Waals surface area (Å²) in [6, 6.07) is 0.231. The second kappa shape index (κ2) is 3.76. The molecule has 1 fully saturated rings. The molecule has 1 aliphatic rings. The zero-order valence-electron chi connectivity index (χ0n) is 7.62. The van der Waals surface area contributed by atoms with Gasteiger partial charge < -0.3 is 15.4 Å². The maximum Gasteiger partial charge on any atom is 0.409 e. The van der Waals surface area contributed by atoms with Gasteiger partial charge in [0.1, 0.15) is 6.10 Å². The van der Waals surface area contributed by atoms with Gasteiger partial charge in [-0.25, -0.2) is 4.79 Å². The van der Waals surface area contributed by atoms with E-state index in [9.17, 15) is 4.79 Å². The lowest BCUT2D eigenvalue weighted by Gasteiger charge is -2.32. The van der Waals surface area contributed by atoms with Gasteiger partial charge in [-0.15, -0.1) is 0 Å². The number of carbonyl (C=O) groups excluding carboxylic acids is 1. The molecule has 0 saturated heterocycles. The van der Waals surface area contributed by atoms with Gasteiger partial charge >= 0.3 is 6.09 Å². The van der Waals surface area contributed by atoms with Crippen molar-refractivity contribution in [3.05, 3.63) is 0 Å². The van der Waals surface area contributed by atoms with E-state index in [0.29, 0.717) is 6.54 Å². The quantitative estimate of drug-likeness (QED) is 0.662. The number of rotatable bonds is 2. The van der Waals surface area contributed by atoms with Crippen molar-refractivity contribution in [2.24, 2.45) is 5.73 Å². The van der Waals surface area contributed by atoms with Crippen LogP contribution < -0.4 is 5.73 Å². The molecule has 0 bridgehead atoms. The van der Waals surface area contributed by atoms with Gasteiger partial charge in [-0.3, -0.25) is 0 Å². The zero-order valence-corrected chi connectivity index (χ0v) is 7.62. The highest BCUT2D eigenvalue weighted by atomic mass is 16.6. The molecular weight excluding hydrogens is 156 g/mol. The highest BCUT2D eigenvalue weighted by molar-refractivity contribution is 5.67. The van der Waals surface area contributed by atoms with E-state index in [4.69, 9.17) is 10.5 Å². The van der Waals surface area contributed by atoms with Crippen molar-refractivity contribution in [2.75, 3.05) is 13.6 Å². The van der Waals surface area contributed by atoms with Crippen LogP contribution in [0.1, 0.15) is 19.8 Å². The largest absolute Gasteiger partial charge is 0.446 e. The Balaban J connectivity index is 2.18. The normalized spacial score (nSPS) is 27.6. The second-order valence-electron chi connectivity index (χ2n) is 3.25. The summed E-state index contributed by atoms with van der Waals surface area (Å²) >= 11 is 0. The van der Waals surface area contributed by atoms with E-state index in [1.54, 1.807) is 11.9 Å². The first-order valence-corrected chi connectivity index (χ1v) is 4.30. The third-order valence-electron chi connectivity index (χ3n) is 2.18. The fourth-order valence-corrected chi connectivity index (χ4v) is 1.06. The summed E-state index contributed by atoms with van der Waals surface area (Å²) in [5, 5.41) is 0. The maximum absolute atomic E-state index is 11.1. The smallest absolute Gasteiger partial charge is 0.409 e. The first-order valence-electron chi connectivity index (χ1n) is 4.30.